The summed E-state index contributed by atoms with van der Waals surface area (Å²) in [6.45, 7) is 3.09. The van der Waals surface area contributed by atoms with Crippen molar-refractivity contribution in [3.63, 3.8) is 0 Å². The lowest BCUT2D eigenvalue weighted by atomic mass is 9.85. The molecular weight excluding hydrogens is 224 g/mol. The van der Waals surface area contributed by atoms with E-state index in [1.807, 2.05) is 0 Å². The third kappa shape index (κ3) is 4.30. The lowest BCUT2D eigenvalue weighted by Crippen LogP contribution is -2.35. The number of piperidine rings is 1. The Labute approximate surface area is 104 Å². The minimum absolute atomic E-state index is 0. The third-order valence-corrected chi connectivity index (χ3v) is 3.75. The molecule has 4 heteroatoms. The van der Waals surface area contributed by atoms with E-state index in [1.165, 1.54) is 19.3 Å². The first-order valence-corrected chi connectivity index (χ1v) is 6.32. The Bertz CT molecular complexity index is 213. The maximum Gasteiger partial charge on any atom is 0.220 e. The highest BCUT2D eigenvalue weighted by molar-refractivity contribution is 5.85. The summed E-state index contributed by atoms with van der Waals surface area (Å²) in [6.07, 6.45) is 7.05. The van der Waals surface area contributed by atoms with Crippen LogP contribution in [-0.2, 0) is 4.79 Å². The van der Waals surface area contributed by atoms with E-state index < -0.39 is 0 Å². The number of carbonyl (C=O) groups is 1. The van der Waals surface area contributed by atoms with Gasteiger partial charge in [-0.3, -0.25) is 4.79 Å². The Morgan fingerprint density at radius 3 is 2.38 bits per heavy atom. The number of amides is 1. The van der Waals surface area contributed by atoms with Crippen molar-refractivity contribution >= 4 is 18.3 Å². The molecule has 0 bridgehead atoms. The van der Waals surface area contributed by atoms with Crippen LogP contribution >= 0.6 is 12.4 Å². The van der Waals surface area contributed by atoms with Gasteiger partial charge in [-0.05, 0) is 50.6 Å². The zero-order chi connectivity index (χ0) is 10.5. The molecule has 1 saturated carbocycles. The molecule has 1 aliphatic carbocycles. The van der Waals surface area contributed by atoms with Gasteiger partial charge in [0, 0.05) is 13.0 Å². The topological polar surface area (TPSA) is 41.1 Å². The van der Waals surface area contributed by atoms with Crippen LogP contribution in [0.4, 0.5) is 0 Å². The molecule has 0 aromatic rings. The van der Waals surface area contributed by atoms with Crippen molar-refractivity contribution < 1.29 is 4.79 Å². The molecule has 1 amide bonds. The average Bonchev–Trinajstić information content (AvgIpc) is 2.17. The first kappa shape index (κ1) is 13.8. The Morgan fingerprint density at radius 2 is 1.81 bits per heavy atom. The Kier molecular flexibility index (Phi) is 6.14. The normalized spacial score (nSPS) is 22.0. The summed E-state index contributed by atoms with van der Waals surface area (Å²) < 4.78 is 0. The first-order chi connectivity index (χ1) is 7.34. The minimum Gasteiger partial charge on any atom is -0.356 e. The van der Waals surface area contributed by atoms with Crippen LogP contribution in [0, 0.1) is 11.8 Å². The molecule has 3 nitrogen and oxygen atoms in total. The second-order valence-electron chi connectivity index (χ2n) is 5.00. The lowest BCUT2D eigenvalue weighted by Gasteiger charge is -2.26. The van der Waals surface area contributed by atoms with Gasteiger partial charge < -0.3 is 10.6 Å². The largest absolute Gasteiger partial charge is 0.356 e. The van der Waals surface area contributed by atoms with Crippen LogP contribution in [0.5, 0.6) is 0 Å². The van der Waals surface area contributed by atoms with Crippen molar-refractivity contribution in [1.29, 1.82) is 0 Å². The van der Waals surface area contributed by atoms with Gasteiger partial charge in [-0.25, -0.2) is 0 Å². The predicted molar refractivity (Wildman–Crippen MR) is 67.8 cm³/mol. The predicted octanol–water partition coefficient (Wildman–Crippen LogP) is 1.71. The first-order valence-electron chi connectivity index (χ1n) is 6.32. The molecule has 2 N–H and O–H groups in total. The molecule has 0 radical (unpaired) electrons. The monoisotopic (exact) mass is 246 g/mol. The number of hydrogen-bond donors (Lipinski definition) is 2. The molecule has 2 fully saturated rings. The Balaban J connectivity index is 0.00000128. The average molecular weight is 247 g/mol. The van der Waals surface area contributed by atoms with E-state index in [1.54, 1.807) is 0 Å². The lowest BCUT2D eigenvalue weighted by molar-refractivity contribution is -0.122. The summed E-state index contributed by atoms with van der Waals surface area (Å²) in [5.41, 5.74) is 0. The highest BCUT2D eigenvalue weighted by Gasteiger charge is 2.20. The summed E-state index contributed by atoms with van der Waals surface area (Å²) in [7, 11) is 0. The van der Waals surface area contributed by atoms with Crippen LogP contribution in [-0.4, -0.2) is 25.5 Å². The Hall–Kier alpha value is -0.280. The second-order valence-corrected chi connectivity index (χ2v) is 5.00. The summed E-state index contributed by atoms with van der Waals surface area (Å²) in [5.74, 6) is 1.67. The van der Waals surface area contributed by atoms with Gasteiger partial charge >= 0.3 is 0 Å². The van der Waals surface area contributed by atoms with Crippen molar-refractivity contribution in [2.75, 3.05) is 19.6 Å². The summed E-state index contributed by atoms with van der Waals surface area (Å²) in [6, 6.07) is 0. The molecule has 0 aromatic carbocycles. The van der Waals surface area contributed by atoms with Crippen LogP contribution in [0.2, 0.25) is 0 Å². The number of carbonyl (C=O) groups excluding carboxylic acids is 1. The van der Waals surface area contributed by atoms with E-state index >= 15 is 0 Å². The molecule has 0 spiro atoms. The smallest absolute Gasteiger partial charge is 0.220 e. The van der Waals surface area contributed by atoms with E-state index in [9.17, 15) is 4.79 Å². The van der Waals surface area contributed by atoms with Gasteiger partial charge in [-0.2, -0.15) is 0 Å². The van der Waals surface area contributed by atoms with Crippen molar-refractivity contribution in [3.05, 3.63) is 0 Å². The second kappa shape index (κ2) is 7.13. The molecule has 0 unspecified atom stereocenters. The van der Waals surface area contributed by atoms with Crippen molar-refractivity contribution in [3.8, 4) is 0 Å². The highest BCUT2D eigenvalue weighted by atomic mass is 35.5. The van der Waals surface area contributed by atoms with Gasteiger partial charge in [0.2, 0.25) is 5.91 Å². The van der Waals surface area contributed by atoms with Crippen LogP contribution in [0.3, 0.4) is 0 Å². The third-order valence-electron chi connectivity index (χ3n) is 3.75. The number of halogens is 1. The maximum absolute atomic E-state index is 11.6. The fourth-order valence-corrected chi connectivity index (χ4v) is 2.38. The molecule has 16 heavy (non-hydrogen) atoms. The number of nitrogens with one attached hydrogen (secondary N) is 2. The van der Waals surface area contributed by atoms with E-state index in [4.69, 9.17) is 0 Å². The van der Waals surface area contributed by atoms with E-state index in [2.05, 4.69) is 10.6 Å². The van der Waals surface area contributed by atoms with Crippen LogP contribution in [0.25, 0.3) is 0 Å². The molecule has 94 valence electrons. The molecule has 1 aliphatic heterocycles. The SMILES string of the molecule is Cl.O=C(CC1CCNCC1)NCC1CCC1. The van der Waals surface area contributed by atoms with Gasteiger partial charge in [0.1, 0.15) is 0 Å². The molecular formula is C12H23ClN2O. The summed E-state index contributed by atoms with van der Waals surface area (Å²) in [5, 5.41) is 6.40. The maximum atomic E-state index is 11.6. The fraction of sp³-hybridized carbons (Fsp3) is 0.917. The minimum atomic E-state index is 0. The van der Waals surface area contributed by atoms with Crippen molar-refractivity contribution in [2.45, 2.75) is 38.5 Å². The van der Waals surface area contributed by atoms with E-state index in [0.717, 1.165) is 44.8 Å². The summed E-state index contributed by atoms with van der Waals surface area (Å²) in [4.78, 5) is 11.6. The van der Waals surface area contributed by atoms with E-state index in [-0.39, 0.29) is 18.3 Å². The van der Waals surface area contributed by atoms with Crippen LogP contribution in [0.1, 0.15) is 38.5 Å². The molecule has 2 rings (SSSR count). The molecule has 1 heterocycles. The van der Waals surface area contributed by atoms with Gasteiger partial charge in [0.25, 0.3) is 0 Å². The van der Waals surface area contributed by atoms with Gasteiger partial charge in [0.15, 0.2) is 0 Å². The fourth-order valence-electron chi connectivity index (χ4n) is 2.38. The Morgan fingerprint density at radius 1 is 1.12 bits per heavy atom. The zero-order valence-electron chi connectivity index (χ0n) is 9.84. The van der Waals surface area contributed by atoms with Gasteiger partial charge in [-0.1, -0.05) is 6.42 Å². The van der Waals surface area contributed by atoms with Crippen LogP contribution in [0.15, 0.2) is 0 Å². The van der Waals surface area contributed by atoms with Crippen LogP contribution < -0.4 is 10.6 Å². The highest BCUT2D eigenvalue weighted by Crippen LogP contribution is 2.25. The molecule has 2 aliphatic rings. The van der Waals surface area contributed by atoms with Crippen molar-refractivity contribution in [1.82, 2.24) is 10.6 Å². The quantitative estimate of drug-likeness (QED) is 0.793. The standard InChI is InChI=1S/C12H22N2O.ClH/c15-12(14-9-11-2-1-3-11)8-10-4-6-13-7-5-10;/h10-11,13H,1-9H2,(H,14,15);1H. The van der Waals surface area contributed by atoms with Gasteiger partial charge in [0.05, 0.1) is 0 Å². The van der Waals surface area contributed by atoms with Crippen molar-refractivity contribution in [2.24, 2.45) is 11.8 Å². The molecule has 0 atom stereocenters. The zero-order valence-corrected chi connectivity index (χ0v) is 10.7. The molecule has 0 aromatic heterocycles. The summed E-state index contributed by atoms with van der Waals surface area (Å²) >= 11 is 0. The van der Waals surface area contributed by atoms with Gasteiger partial charge in [-0.15, -0.1) is 12.4 Å². The number of hydrogen-bond acceptors (Lipinski definition) is 2. The molecule has 1 saturated heterocycles. The number of rotatable bonds is 4. The van der Waals surface area contributed by atoms with E-state index in [0.29, 0.717) is 5.92 Å².